The summed E-state index contributed by atoms with van der Waals surface area (Å²) < 4.78 is 13.1. The van der Waals surface area contributed by atoms with Crippen molar-refractivity contribution in [3.63, 3.8) is 0 Å². The first-order valence-corrected chi connectivity index (χ1v) is 6.56. The standard InChI is InChI=1S/C15H19FN2O/c1-3-8-15(11-17,9-4-2)14(19)18-13-7-5-6-12(16)10-13/h5-7,10H,3-4,8-9H2,1-2H3,(H,18,19). The summed E-state index contributed by atoms with van der Waals surface area (Å²) in [5.74, 6) is -0.754. The third-order valence-corrected chi connectivity index (χ3v) is 3.08. The Hall–Kier alpha value is -1.89. The lowest BCUT2D eigenvalue weighted by Gasteiger charge is -2.24. The number of anilines is 1. The van der Waals surface area contributed by atoms with Crippen LogP contribution in [0.3, 0.4) is 0 Å². The Balaban J connectivity index is 2.91. The summed E-state index contributed by atoms with van der Waals surface area (Å²) >= 11 is 0. The van der Waals surface area contributed by atoms with Gasteiger partial charge in [-0.25, -0.2) is 4.39 Å². The molecule has 0 saturated heterocycles. The second kappa shape index (κ2) is 6.89. The van der Waals surface area contributed by atoms with Crippen molar-refractivity contribution in [2.45, 2.75) is 39.5 Å². The predicted octanol–water partition coefficient (Wildman–Crippen LogP) is 3.87. The second-order valence-electron chi connectivity index (χ2n) is 4.66. The molecule has 0 radical (unpaired) electrons. The van der Waals surface area contributed by atoms with Gasteiger partial charge in [-0.3, -0.25) is 4.79 Å². The molecular weight excluding hydrogens is 243 g/mol. The van der Waals surface area contributed by atoms with Crippen LogP contribution in [0.15, 0.2) is 24.3 Å². The molecule has 1 aromatic carbocycles. The lowest BCUT2D eigenvalue weighted by atomic mass is 9.79. The van der Waals surface area contributed by atoms with Crippen LogP contribution in [0.4, 0.5) is 10.1 Å². The molecule has 1 aromatic rings. The van der Waals surface area contributed by atoms with Crippen LogP contribution in [0.1, 0.15) is 39.5 Å². The number of nitrogens with one attached hydrogen (secondary N) is 1. The van der Waals surface area contributed by atoms with Crippen molar-refractivity contribution < 1.29 is 9.18 Å². The summed E-state index contributed by atoms with van der Waals surface area (Å²) in [5.41, 5.74) is -0.632. The van der Waals surface area contributed by atoms with Gasteiger partial charge in [0.15, 0.2) is 0 Å². The van der Waals surface area contributed by atoms with Gasteiger partial charge in [-0.2, -0.15) is 5.26 Å². The molecule has 0 fully saturated rings. The van der Waals surface area contributed by atoms with Crippen molar-refractivity contribution in [1.82, 2.24) is 0 Å². The number of hydrogen-bond donors (Lipinski definition) is 1. The number of carbonyl (C=O) groups excluding carboxylic acids is 1. The fourth-order valence-corrected chi connectivity index (χ4v) is 2.19. The summed E-state index contributed by atoms with van der Waals surface area (Å²) in [6, 6.07) is 7.84. The zero-order chi connectivity index (χ0) is 14.3. The number of nitrogens with zero attached hydrogens (tertiary/aromatic N) is 1. The molecular formula is C15H19FN2O. The molecule has 3 nitrogen and oxygen atoms in total. The van der Waals surface area contributed by atoms with E-state index in [-0.39, 0.29) is 5.91 Å². The van der Waals surface area contributed by atoms with Gasteiger partial charge < -0.3 is 5.32 Å². The van der Waals surface area contributed by atoms with Crippen LogP contribution >= 0.6 is 0 Å². The molecule has 19 heavy (non-hydrogen) atoms. The number of carbonyl (C=O) groups is 1. The van der Waals surface area contributed by atoms with Crippen molar-refractivity contribution in [3.05, 3.63) is 30.1 Å². The topological polar surface area (TPSA) is 52.9 Å². The Labute approximate surface area is 113 Å². The number of hydrogen-bond acceptors (Lipinski definition) is 2. The largest absolute Gasteiger partial charge is 0.325 e. The van der Waals surface area contributed by atoms with Crippen molar-refractivity contribution in [2.24, 2.45) is 5.41 Å². The Kier molecular flexibility index (Phi) is 5.50. The monoisotopic (exact) mass is 262 g/mol. The Morgan fingerprint density at radius 3 is 2.47 bits per heavy atom. The summed E-state index contributed by atoms with van der Waals surface area (Å²) in [6.07, 6.45) is 2.53. The normalized spacial score (nSPS) is 10.8. The van der Waals surface area contributed by atoms with Gasteiger partial charge >= 0.3 is 0 Å². The maximum atomic E-state index is 13.1. The van der Waals surface area contributed by atoms with Crippen LogP contribution in [0.2, 0.25) is 0 Å². The second-order valence-corrected chi connectivity index (χ2v) is 4.66. The summed E-state index contributed by atoms with van der Waals surface area (Å²) in [5, 5.41) is 12.0. The zero-order valence-corrected chi connectivity index (χ0v) is 11.4. The van der Waals surface area contributed by atoms with Gasteiger partial charge in [0.2, 0.25) is 5.91 Å². The number of rotatable bonds is 6. The van der Waals surface area contributed by atoms with Crippen LogP contribution in [0.25, 0.3) is 0 Å². The van der Waals surface area contributed by atoms with Crippen molar-refractivity contribution in [1.29, 1.82) is 5.26 Å². The molecule has 1 amide bonds. The van der Waals surface area contributed by atoms with E-state index in [1.807, 2.05) is 13.8 Å². The van der Waals surface area contributed by atoms with Gasteiger partial charge in [0.25, 0.3) is 0 Å². The van der Waals surface area contributed by atoms with Crippen molar-refractivity contribution >= 4 is 11.6 Å². The van der Waals surface area contributed by atoms with E-state index in [0.717, 1.165) is 12.8 Å². The zero-order valence-electron chi connectivity index (χ0n) is 11.4. The maximum absolute atomic E-state index is 13.1. The first kappa shape index (κ1) is 15.2. The van der Waals surface area contributed by atoms with Crippen LogP contribution in [-0.2, 0) is 4.79 Å². The molecule has 0 aliphatic carbocycles. The molecule has 1 N–H and O–H groups in total. The molecule has 0 aromatic heterocycles. The van der Waals surface area contributed by atoms with Gasteiger partial charge in [-0.1, -0.05) is 32.8 Å². The Morgan fingerprint density at radius 1 is 1.37 bits per heavy atom. The fourth-order valence-electron chi connectivity index (χ4n) is 2.19. The van der Waals surface area contributed by atoms with Gasteiger partial charge in [0, 0.05) is 5.69 Å². The molecule has 0 aliphatic rings. The molecule has 0 saturated carbocycles. The SMILES string of the molecule is CCCC(C#N)(CCC)C(=O)Nc1cccc(F)c1. The minimum absolute atomic E-state index is 0.343. The van der Waals surface area contributed by atoms with E-state index in [2.05, 4.69) is 11.4 Å². The number of amides is 1. The smallest absolute Gasteiger partial charge is 0.244 e. The van der Waals surface area contributed by atoms with Crippen molar-refractivity contribution in [2.75, 3.05) is 5.32 Å². The molecule has 0 bridgehead atoms. The van der Waals surface area contributed by atoms with E-state index < -0.39 is 11.2 Å². The quantitative estimate of drug-likeness (QED) is 0.846. The highest BCUT2D eigenvalue weighted by Gasteiger charge is 2.36. The highest BCUT2D eigenvalue weighted by Crippen LogP contribution is 2.30. The molecule has 0 heterocycles. The summed E-state index contributed by atoms with van der Waals surface area (Å²) in [7, 11) is 0. The van der Waals surface area contributed by atoms with Gasteiger partial charge in [0.1, 0.15) is 11.2 Å². The lowest BCUT2D eigenvalue weighted by Crippen LogP contribution is -2.35. The van der Waals surface area contributed by atoms with Crippen LogP contribution in [0, 0.1) is 22.6 Å². The first-order chi connectivity index (χ1) is 9.07. The number of benzene rings is 1. The van der Waals surface area contributed by atoms with Gasteiger partial charge in [0.05, 0.1) is 6.07 Å². The Morgan fingerprint density at radius 2 is 2.00 bits per heavy atom. The first-order valence-electron chi connectivity index (χ1n) is 6.56. The van der Waals surface area contributed by atoms with Crippen LogP contribution < -0.4 is 5.32 Å². The Bertz CT molecular complexity index is 473. The highest BCUT2D eigenvalue weighted by atomic mass is 19.1. The molecule has 4 heteroatoms. The van der Waals surface area contributed by atoms with E-state index in [0.29, 0.717) is 18.5 Å². The molecule has 0 atom stereocenters. The van der Waals surface area contributed by atoms with E-state index in [9.17, 15) is 14.4 Å². The average molecular weight is 262 g/mol. The van der Waals surface area contributed by atoms with E-state index >= 15 is 0 Å². The van der Waals surface area contributed by atoms with Gasteiger partial charge in [-0.15, -0.1) is 0 Å². The maximum Gasteiger partial charge on any atom is 0.244 e. The minimum Gasteiger partial charge on any atom is -0.325 e. The molecule has 0 unspecified atom stereocenters. The van der Waals surface area contributed by atoms with Crippen LogP contribution in [0.5, 0.6) is 0 Å². The summed E-state index contributed by atoms with van der Waals surface area (Å²) in [6.45, 7) is 3.88. The van der Waals surface area contributed by atoms with Crippen LogP contribution in [-0.4, -0.2) is 5.91 Å². The molecule has 1 rings (SSSR count). The van der Waals surface area contributed by atoms with E-state index in [1.54, 1.807) is 6.07 Å². The molecule has 102 valence electrons. The molecule has 0 aliphatic heterocycles. The van der Waals surface area contributed by atoms with Crippen molar-refractivity contribution in [3.8, 4) is 6.07 Å². The lowest BCUT2D eigenvalue weighted by molar-refractivity contribution is -0.123. The third kappa shape index (κ3) is 3.78. The predicted molar refractivity (Wildman–Crippen MR) is 72.9 cm³/mol. The third-order valence-electron chi connectivity index (χ3n) is 3.08. The molecule has 0 spiro atoms. The highest BCUT2D eigenvalue weighted by molar-refractivity contribution is 5.97. The number of nitriles is 1. The fraction of sp³-hybridized carbons (Fsp3) is 0.467. The van der Waals surface area contributed by atoms with Gasteiger partial charge in [-0.05, 0) is 31.0 Å². The number of halogens is 1. The van der Waals surface area contributed by atoms with E-state index in [4.69, 9.17) is 0 Å². The van der Waals surface area contributed by atoms with E-state index in [1.165, 1.54) is 18.2 Å². The average Bonchev–Trinajstić information content (AvgIpc) is 2.38. The summed E-state index contributed by atoms with van der Waals surface area (Å²) in [4.78, 5) is 12.3. The minimum atomic E-state index is -1.02.